The molecule has 0 fully saturated rings. The van der Waals surface area contributed by atoms with Crippen molar-refractivity contribution in [1.82, 2.24) is 4.90 Å². The molecule has 5 nitrogen and oxygen atoms in total. The van der Waals surface area contributed by atoms with E-state index in [1.54, 1.807) is 4.90 Å². The molecule has 1 unspecified atom stereocenters. The third kappa shape index (κ3) is 5.85. The highest BCUT2D eigenvalue weighted by Crippen LogP contribution is 2.10. The summed E-state index contributed by atoms with van der Waals surface area (Å²) in [6.45, 7) is 5.49. The van der Waals surface area contributed by atoms with Gasteiger partial charge in [-0.25, -0.2) is 0 Å². The normalized spacial score (nSPS) is 11.7. The van der Waals surface area contributed by atoms with Crippen molar-refractivity contribution in [3.05, 3.63) is 30.3 Å². The fourth-order valence-corrected chi connectivity index (χ4v) is 2.16. The molecule has 0 saturated carbocycles. The average molecular weight is 291 g/mol. The predicted octanol–water partition coefficient (Wildman–Crippen LogP) is 1.99. The Bertz CT molecular complexity index is 442. The van der Waals surface area contributed by atoms with Crippen LogP contribution in [0, 0.1) is 0 Å². The summed E-state index contributed by atoms with van der Waals surface area (Å²) in [5, 5.41) is 3.03. The fraction of sp³-hybridized carbons (Fsp3) is 0.500. The van der Waals surface area contributed by atoms with Gasteiger partial charge < -0.3 is 16.0 Å². The van der Waals surface area contributed by atoms with Gasteiger partial charge >= 0.3 is 0 Å². The van der Waals surface area contributed by atoms with E-state index in [1.807, 2.05) is 44.2 Å². The summed E-state index contributed by atoms with van der Waals surface area (Å²) in [7, 11) is 0. The molecule has 0 aliphatic carbocycles. The van der Waals surface area contributed by atoms with Gasteiger partial charge in [-0.3, -0.25) is 9.59 Å². The Morgan fingerprint density at radius 1 is 1.14 bits per heavy atom. The highest BCUT2D eigenvalue weighted by Gasteiger charge is 2.22. The molecule has 0 aromatic heterocycles. The quantitative estimate of drug-likeness (QED) is 0.730. The van der Waals surface area contributed by atoms with Gasteiger partial charge in [0.15, 0.2) is 0 Å². The largest absolute Gasteiger partial charge is 0.373 e. The number of hydrogen-bond acceptors (Lipinski definition) is 3. The lowest BCUT2D eigenvalue weighted by Gasteiger charge is -2.24. The molecule has 0 spiro atoms. The van der Waals surface area contributed by atoms with Crippen LogP contribution in [0.15, 0.2) is 30.3 Å². The Balaban J connectivity index is 2.69. The smallest absolute Gasteiger partial charge is 0.240 e. The molecule has 0 saturated heterocycles. The summed E-state index contributed by atoms with van der Waals surface area (Å²) in [5.74, 6) is -0.550. The zero-order chi connectivity index (χ0) is 15.7. The second-order valence-electron chi connectivity index (χ2n) is 5.05. The van der Waals surface area contributed by atoms with Gasteiger partial charge in [-0.05, 0) is 25.0 Å². The third-order valence-corrected chi connectivity index (χ3v) is 3.18. The molecule has 3 N–H and O–H groups in total. The van der Waals surface area contributed by atoms with Gasteiger partial charge in [-0.2, -0.15) is 0 Å². The van der Waals surface area contributed by atoms with E-state index in [2.05, 4.69) is 5.32 Å². The second-order valence-corrected chi connectivity index (χ2v) is 5.05. The summed E-state index contributed by atoms with van der Waals surface area (Å²) < 4.78 is 0. The maximum Gasteiger partial charge on any atom is 0.240 e. The van der Waals surface area contributed by atoms with Crippen LogP contribution < -0.4 is 11.1 Å². The Morgan fingerprint density at radius 3 is 2.19 bits per heavy atom. The molecule has 1 aromatic rings. The van der Waals surface area contributed by atoms with Crippen molar-refractivity contribution in [1.29, 1.82) is 0 Å². The first-order valence-electron chi connectivity index (χ1n) is 7.47. The van der Waals surface area contributed by atoms with Crippen LogP contribution in [0.4, 0.5) is 5.69 Å². The second kappa shape index (κ2) is 9.00. The lowest BCUT2D eigenvalue weighted by molar-refractivity contribution is -0.133. The van der Waals surface area contributed by atoms with Crippen molar-refractivity contribution in [2.45, 2.75) is 39.2 Å². The van der Waals surface area contributed by atoms with E-state index >= 15 is 0 Å². The van der Waals surface area contributed by atoms with E-state index in [0.717, 1.165) is 18.5 Å². The molecule has 1 atom stereocenters. The van der Waals surface area contributed by atoms with Crippen molar-refractivity contribution >= 4 is 17.5 Å². The molecule has 0 radical (unpaired) electrons. The number of hydrogen-bond donors (Lipinski definition) is 2. The summed E-state index contributed by atoms with van der Waals surface area (Å²) in [6, 6.07) is 8.62. The average Bonchev–Trinajstić information content (AvgIpc) is 2.47. The molecular weight excluding hydrogens is 266 g/mol. The summed E-state index contributed by atoms with van der Waals surface area (Å²) in [4.78, 5) is 25.7. The number of nitrogens with zero attached hydrogens (tertiary/aromatic N) is 1. The molecule has 116 valence electrons. The lowest BCUT2D eigenvalue weighted by Crippen LogP contribution is -2.42. The maximum absolute atomic E-state index is 12.3. The molecule has 1 aromatic carbocycles. The van der Waals surface area contributed by atoms with Crippen LogP contribution >= 0.6 is 0 Å². The molecule has 21 heavy (non-hydrogen) atoms. The number of benzene rings is 1. The van der Waals surface area contributed by atoms with Gasteiger partial charge in [0.2, 0.25) is 11.8 Å². The number of nitrogens with two attached hydrogens (primary N) is 1. The number of rotatable bonds is 9. The van der Waals surface area contributed by atoms with Crippen molar-refractivity contribution in [3.8, 4) is 0 Å². The zero-order valence-corrected chi connectivity index (χ0v) is 12.8. The van der Waals surface area contributed by atoms with E-state index in [1.165, 1.54) is 0 Å². The highest BCUT2D eigenvalue weighted by molar-refractivity contribution is 5.89. The summed E-state index contributed by atoms with van der Waals surface area (Å²) >= 11 is 0. The van der Waals surface area contributed by atoms with E-state index in [4.69, 9.17) is 5.73 Å². The molecule has 5 heteroatoms. The molecular formula is C16H25N3O2. The topological polar surface area (TPSA) is 75.4 Å². The number of para-hydroxylation sites is 1. The number of primary amides is 1. The van der Waals surface area contributed by atoms with Crippen molar-refractivity contribution < 1.29 is 9.59 Å². The Labute approximate surface area is 126 Å². The van der Waals surface area contributed by atoms with Crippen molar-refractivity contribution in [2.24, 2.45) is 5.73 Å². The maximum atomic E-state index is 12.3. The van der Waals surface area contributed by atoms with Crippen LogP contribution in [-0.2, 0) is 9.59 Å². The zero-order valence-electron chi connectivity index (χ0n) is 12.8. The Morgan fingerprint density at radius 2 is 1.71 bits per heavy atom. The van der Waals surface area contributed by atoms with Crippen LogP contribution in [0.1, 0.15) is 33.1 Å². The minimum absolute atomic E-state index is 0.0362. The van der Waals surface area contributed by atoms with Crippen LogP contribution in [0.5, 0.6) is 0 Å². The third-order valence-electron chi connectivity index (χ3n) is 3.18. The van der Waals surface area contributed by atoms with Gasteiger partial charge in [0, 0.05) is 18.8 Å². The molecule has 0 heterocycles. The van der Waals surface area contributed by atoms with Crippen LogP contribution in [0.2, 0.25) is 0 Å². The van der Waals surface area contributed by atoms with Gasteiger partial charge in [0.1, 0.15) is 6.04 Å². The van der Waals surface area contributed by atoms with Crippen LogP contribution in [-0.4, -0.2) is 35.8 Å². The number of carbonyl (C=O) groups is 2. The first-order chi connectivity index (χ1) is 10.1. The molecule has 0 aliphatic rings. The number of amides is 2. The first-order valence-corrected chi connectivity index (χ1v) is 7.47. The number of carbonyl (C=O) groups excluding carboxylic acids is 2. The minimum atomic E-state index is -0.684. The van der Waals surface area contributed by atoms with Gasteiger partial charge in [-0.15, -0.1) is 0 Å². The van der Waals surface area contributed by atoms with Gasteiger partial charge in [-0.1, -0.05) is 32.0 Å². The van der Waals surface area contributed by atoms with Crippen molar-refractivity contribution in [3.63, 3.8) is 0 Å². The highest BCUT2D eigenvalue weighted by atomic mass is 16.2. The SMILES string of the molecule is CCCN(CCC)C(=O)CC(Nc1ccccc1)C(N)=O. The van der Waals surface area contributed by atoms with Crippen molar-refractivity contribution in [2.75, 3.05) is 18.4 Å². The molecule has 0 bridgehead atoms. The van der Waals surface area contributed by atoms with E-state index in [9.17, 15) is 9.59 Å². The summed E-state index contributed by atoms with van der Waals surface area (Å²) in [5.41, 5.74) is 6.19. The number of anilines is 1. The van der Waals surface area contributed by atoms with Gasteiger partial charge in [0.25, 0.3) is 0 Å². The standard InChI is InChI=1S/C16H25N3O2/c1-3-10-19(11-4-2)15(20)12-14(16(17)21)18-13-8-6-5-7-9-13/h5-9,14,18H,3-4,10-12H2,1-2H3,(H2,17,21). The lowest BCUT2D eigenvalue weighted by atomic mass is 10.1. The van der Waals surface area contributed by atoms with E-state index < -0.39 is 11.9 Å². The van der Waals surface area contributed by atoms with E-state index in [-0.39, 0.29) is 12.3 Å². The first kappa shape index (κ1) is 17.0. The van der Waals surface area contributed by atoms with Crippen LogP contribution in [0.25, 0.3) is 0 Å². The molecule has 1 rings (SSSR count). The Hall–Kier alpha value is -2.04. The molecule has 0 aliphatic heterocycles. The van der Waals surface area contributed by atoms with Gasteiger partial charge in [0.05, 0.1) is 6.42 Å². The van der Waals surface area contributed by atoms with E-state index in [0.29, 0.717) is 13.1 Å². The Kier molecular flexibility index (Phi) is 7.29. The number of nitrogens with one attached hydrogen (secondary N) is 1. The monoisotopic (exact) mass is 291 g/mol. The van der Waals surface area contributed by atoms with Crippen LogP contribution in [0.3, 0.4) is 0 Å². The molecule has 2 amide bonds. The fourth-order valence-electron chi connectivity index (χ4n) is 2.16. The predicted molar refractivity (Wildman–Crippen MR) is 84.8 cm³/mol. The summed E-state index contributed by atoms with van der Waals surface area (Å²) in [6.07, 6.45) is 1.89. The minimum Gasteiger partial charge on any atom is -0.373 e.